The third-order valence-corrected chi connectivity index (χ3v) is 4.66. The molecule has 1 fully saturated rings. The van der Waals surface area contributed by atoms with E-state index in [1.54, 1.807) is 6.07 Å². The van der Waals surface area contributed by atoms with Crippen LogP contribution in [0.25, 0.3) is 11.1 Å². The van der Waals surface area contributed by atoms with Crippen LogP contribution in [0.5, 0.6) is 0 Å². The molecule has 0 bridgehead atoms. The van der Waals surface area contributed by atoms with Crippen molar-refractivity contribution in [3.8, 4) is 11.1 Å². The molecule has 4 heteroatoms. The van der Waals surface area contributed by atoms with E-state index in [2.05, 4.69) is 15.9 Å². The first kappa shape index (κ1) is 14.3. The Morgan fingerprint density at radius 2 is 1.76 bits per heavy atom. The van der Waals surface area contributed by atoms with Gasteiger partial charge in [-0.3, -0.25) is 4.79 Å². The van der Waals surface area contributed by atoms with E-state index in [0.29, 0.717) is 4.47 Å². The van der Waals surface area contributed by atoms with Gasteiger partial charge >= 0.3 is 5.97 Å². The molecule has 0 atom stereocenters. The smallest absolute Gasteiger partial charge is 0.316 e. The first-order valence-corrected chi connectivity index (χ1v) is 7.50. The van der Waals surface area contributed by atoms with Gasteiger partial charge in [0.1, 0.15) is 5.82 Å². The lowest BCUT2D eigenvalue weighted by Crippen LogP contribution is -2.21. The fourth-order valence-electron chi connectivity index (χ4n) is 2.59. The maximum atomic E-state index is 13.6. The van der Waals surface area contributed by atoms with Gasteiger partial charge in [0.15, 0.2) is 0 Å². The Balaban J connectivity index is 1.91. The summed E-state index contributed by atoms with van der Waals surface area (Å²) in [5.41, 5.74) is 2.24. The molecule has 1 aliphatic rings. The topological polar surface area (TPSA) is 26.3 Å². The zero-order valence-corrected chi connectivity index (χ0v) is 13.1. The number of ether oxygens (including phenoxy) is 1. The minimum Gasteiger partial charge on any atom is -0.468 e. The van der Waals surface area contributed by atoms with Crippen molar-refractivity contribution in [3.63, 3.8) is 0 Å². The zero-order chi connectivity index (χ0) is 15.0. The van der Waals surface area contributed by atoms with E-state index < -0.39 is 5.41 Å². The summed E-state index contributed by atoms with van der Waals surface area (Å²) in [5, 5.41) is 0. The summed E-state index contributed by atoms with van der Waals surface area (Å²) < 4.78 is 18.9. The molecule has 108 valence electrons. The monoisotopic (exact) mass is 348 g/mol. The quantitative estimate of drug-likeness (QED) is 0.765. The summed E-state index contributed by atoms with van der Waals surface area (Å²) in [7, 11) is 1.42. The van der Waals surface area contributed by atoms with Gasteiger partial charge in [-0.25, -0.2) is 4.39 Å². The average Bonchev–Trinajstić information content (AvgIpc) is 3.31. The first-order chi connectivity index (χ1) is 10.1. The normalized spacial score (nSPS) is 15.6. The number of rotatable bonds is 3. The predicted octanol–water partition coefficient (Wildman–Crippen LogP) is 4.46. The summed E-state index contributed by atoms with van der Waals surface area (Å²) in [4.78, 5) is 11.9. The summed E-state index contributed by atoms with van der Waals surface area (Å²) in [6, 6.07) is 12.7. The van der Waals surface area contributed by atoms with Crippen molar-refractivity contribution < 1.29 is 13.9 Å². The minimum atomic E-state index is -0.460. The van der Waals surface area contributed by atoms with E-state index in [0.717, 1.165) is 29.5 Å². The van der Waals surface area contributed by atoms with Crippen molar-refractivity contribution >= 4 is 21.9 Å². The number of benzene rings is 2. The number of carbonyl (C=O) groups is 1. The van der Waals surface area contributed by atoms with Crippen LogP contribution in [0.4, 0.5) is 4.39 Å². The molecule has 2 aromatic rings. The van der Waals surface area contributed by atoms with Crippen LogP contribution < -0.4 is 0 Å². The Kier molecular flexibility index (Phi) is 3.57. The van der Waals surface area contributed by atoms with Crippen LogP contribution in [0, 0.1) is 5.82 Å². The molecule has 0 N–H and O–H groups in total. The largest absolute Gasteiger partial charge is 0.468 e. The fraction of sp³-hybridized carbons (Fsp3) is 0.235. The molecule has 1 saturated carbocycles. The van der Waals surface area contributed by atoms with Crippen molar-refractivity contribution in [1.29, 1.82) is 0 Å². The van der Waals surface area contributed by atoms with Gasteiger partial charge in [0.2, 0.25) is 0 Å². The van der Waals surface area contributed by atoms with Crippen LogP contribution >= 0.6 is 15.9 Å². The molecule has 0 heterocycles. The molecular weight excluding hydrogens is 335 g/mol. The Hall–Kier alpha value is -1.68. The van der Waals surface area contributed by atoms with Gasteiger partial charge in [0, 0.05) is 0 Å². The van der Waals surface area contributed by atoms with E-state index in [-0.39, 0.29) is 11.8 Å². The van der Waals surface area contributed by atoms with Gasteiger partial charge in [0.05, 0.1) is 17.0 Å². The van der Waals surface area contributed by atoms with Crippen molar-refractivity contribution in [1.82, 2.24) is 0 Å². The molecule has 0 amide bonds. The summed E-state index contributed by atoms with van der Waals surface area (Å²) >= 11 is 3.15. The molecular formula is C17H14BrFO2. The fourth-order valence-corrected chi connectivity index (χ4v) is 2.84. The Morgan fingerprint density at radius 1 is 1.14 bits per heavy atom. The van der Waals surface area contributed by atoms with E-state index in [1.807, 2.05) is 30.3 Å². The molecule has 0 aliphatic heterocycles. The first-order valence-electron chi connectivity index (χ1n) is 6.71. The Labute approximate surface area is 131 Å². The summed E-state index contributed by atoms with van der Waals surface area (Å²) in [6.07, 6.45) is 1.65. The maximum Gasteiger partial charge on any atom is 0.316 e. The highest BCUT2D eigenvalue weighted by Crippen LogP contribution is 2.49. The van der Waals surface area contributed by atoms with Crippen molar-refractivity contribution in [2.24, 2.45) is 0 Å². The van der Waals surface area contributed by atoms with Crippen molar-refractivity contribution in [2.45, 2.75) is 18.3 Å². The standard InChI is InChI=1S/C17H14BrFO2/c1-21-16(20)17(8-9-17)13-5-2-11(3-6-13)12-4-7-14(18)15(19)10-12/h2-7,10H,8-9H2,1H3. The zero-order valence-electron chi connectivity index (χ0n) is 11.5. The lowest BCUT2D eigenvalue weighted by atomic mass is 9.94. The number of halogens is 2. The maximum absolute atomic E-state index is 13.6. The van der Waals surface area contributed by atoms with Gasteiger partial charge < -0.3 is 4.74 Å². The molecule has 3 rings (SSSR count). The van der Waals surface area contributed by atoms with Gasteiger partial charge in [-0.2, -0.15) is 0 Å². The lowest BCUT2D eigenvalue weighted by molar-refractivity contribution is -0.143. The highest BCUT2D eigenvalue weighted by atomic mass is 79.9. The van der Waals surface area contributed by atoms with E-state index in [4.69, 9.17) is 4.74 Å². The molecule has 0 radical (unpaired) electrons. The molecule has 21 heavy (non-hydrogen) atoms. The van der Waals surface area contributed by atoms with Crippen LogP contribution in [0.3, 0.4) is 0 Å². The molecule has 0 aromatic heterocycles. The van der Waals surface area contributed by atoms with Gasteiger partial charge in [0.25, 0.3) is 0 Å². The lowest BCUT2D eigenvalue weighted by Gasteiger charge is -2.13. The number of hydrogen-bond acceptors (Lipinski definition) is 2. The third kappa shape index (κ3) is 2.48. The second-order valence-corrected chi connectivity index (χ2v) is 6.13. The van der Waals surface area contributed by atoms with Crippen LogP contribution in [-0.4, -0.2) is 13.1 Å². The van der Waals surface area contributed by atoms with Gasteiger partial charge in [-0.1, -0.05) is 30.3 Å². The third-order valence-electron chi connectivity index (χ3n) is 4.02. The van der Waals surface area contributed by atoms with Gasteiger partial charge in [-0.05, 0) is 57.6 Å². The number of methoxy groups -OCH3 is 1. The van der Waals surface area contributed by atoms with Gasteiger partial charge in [-0.15, -0.1) is 0 Å². The van der Waals surface area contributed by atoms with Crippen LogP contribution in [0.2, 0.25) is 0 Å². The van der Waals surface area contributed by atoms with E-state index in [9.17, 15) is 9.18 Å². The molecule has 0 spiro atoms. The molecule has 0 saturated heterocycles. The predicted molar refractivity (Wildman–Crippen MR) is 82.5 cm³/mol. The number of carbonyl (C=O) groups excluding carboxylic acids is 1. The van der Waals surface area contributed by atoms with E-state index >= 15 is 0 Å². The SMILES string of the molecule is COC(=O)C1(c2ccc(-c3ccc(Br)c(F)c3)cc2)CC1. The van der Waals surface area contributed by atoms with Crippen LogP contribution in [-0.2, 0) is 14.9 Å². The Bertz CT molecular complexity index is 690. The Morgan fingerprint density at radius 3 is 2.29 bits per heavy atom. The van der Waals surface area contributed by atoms with Crippen LogP contribution in [0.15, 0.2) is 46.9 Å². The molecule has 2 nitrogen and oxygen atoms in total. The second kappa shape index (κ2) is 5.26. The minimum absolute atomic E-state index is 0.176. The molecule has 2 aromatic carbocycles. The van der Waals surface area contributed by atoms with Crippen LogP contribution in [0.1, 0.15) is 18.4 Å². The van der Waals surface area contributed by atoms with E-state index in [1.165, 1.54) is 13.2 Å². The van der Waals surface area contributed by atoms with Crippen molar-refractivity contribution in [3.05, 3.63) is 58.3 Å². The number of esters is 1. The van der Waals surface area contributed by atoms with Crippen molar-refractivity contribution in [2.75, 3.05) is 7.11 Å². The molecule has 0 unspecified atom stereocenters. The number of hydrogen-bond donors (Lipinski definition) is 0. The highest BCUT2D eigenvalue weighted by Gasteiger charge is 2.52. The summed E-state index contributed by atoms with van der Waals surface area (Å²) in [6.45, 7) is 0. The second-order valence-electron chi connectivity index (χ2n) is 5.28. The average molecular weight is 349 g/mol. The summed E-state index contributed by atoms with van der Waals surface area (Å²) in [5.74, 6) is -0.463. The molecule has 1 aliphatic carbocycles. The highest BCUT2D eigenvalue weighted by molar-refractivity contribution is 9.10.